The van der Waals surface area contributed by atoms with Gasteiger partial charge in [-0.2, -0.15) is 4.31 Å². The first-order chi connectivity index (χ1) is 7.47. The van der Waals surface area contributed by atoms with Gasteiger partial charge < -0.3 is 10.9 Å². The van der Waals surface area contributed by atoms with Crippen LogP contribution in [0.5, 0.6) is 0 Å². The largest absolute Gasteiger partial charge is 0.409 e. The van der Waals surface area contributed by atoms with Gasteiger partial charge in [-0.05, 0) is 12.8 Å². The van der Waals surface area contributed by atoms with Gasteiger partial charge in [0.1, 0.15) is 0 Å². The lowest BCUT2D eigenvalue weighted by atomic mass is 10.4. The van der Waals surface area contributed by atoms with Gasteiger partial charge in [-0.1, -0.05) is 25.4 Å². The van der Waals surface area contributed by atoms with Crippen molar-refractivity contribution >= 4 is 15.9 Å². The summed E-state index contributed by atoms with van der Waals surface area (Å²) in [7, 11) is -3.29. The van der Waals surface area contributed by atoms with Crippen LogP contribution in [0.2, 0.25) is 0 Å². The number of hydrogen-bond donors (Lipinski definition) is 2. The minimum atomic E-state index is -3.29. The summed E-state index contributed by atoms with van der Waals surface area (Å²) in [5, 5.41) is 11.2. The fourth-order valence-electron chi connectivity index (χ4n) is 1.23. The molecule has 0 amide bonds. The highest BCUT2D eigenvalue weighted by Crippen LogP contribution is 2.05. The van der Waals surface area contributed by atoms with Crippen molar-refractivity contribution in [2.24, 2.45) is 10.9 Å². The van der Waals surface area contributed by atoms with Crippen LogP contribution in [-0.4, -0.2) is 42.6 Å². The number of hydrogen-bond acceptors (Lipinski definition) is 4. The number of amidine groups is 1. The maximum absolute atomic E-state index is 11.9. The van der Waals surface area contributed by atoms with Crippen LogP contribution in [0.3, 0.4) is 0 Å². The van der Waals surface area contributed by atoms with Crippen LogP contribution in [0.1, 0.15) is 33.1 Å². The zero-order valence-electron chi connectivity index (χ0n) is 9.89. The van der Waals surface area contributed by atoms with Gasteiger partial charge in [0, 0.05) is 6.54 Å². The van der Waals surface area contributed by atoms with Gasteiger partial charge in [0.2, 0.25) is 10.0 Å². The highest BCUT2D eigenvalue weighted by molar-refractivity contribution is 7.89. The van der Waals surface area contributed by atoms with E-state index < -0.39 is 10.0 Å². The van der Waals surface area contributed by atoms with Gasteiger partial charge in [-0.3, -0.25) is 0 Å². The first-order valence-corrected chi connectivity index (χ1v) is 7.03. The highest BCUT2D eigenvalue weighted by Gasteiger charge is 2.21. The van der Waals surface area contributed by atoms with Gasteiger partial charge >= 0.3 is 0 Å². The molecule has 0 aromatic rings. The standard InChI is InChI=1S/C9H21N3O3S/c1-3-5-7-16(14,15)12(6-4-2)8-9(10)11-13/h13H,3-8H2,1-2H3,(H2,10,11). The lowest BCUT2D eigenvalue weighted by Gasteiger charge is -2.20. The molecule has 0 saturated heterocycles. The Morgan fingerprint density at radius 1 is 1.38 bits per heavy atom. The molecule has 0 spiro atoms. The maximum Gasteiger partial charge on any atom is 0.214 e. The predicted molar refractivity (Wildman–Crippen MR) is 64.0 cm³/mol. The fraction of sp³-hybridized carbons (Fsp3) is 0.889. The Hall–Kier alpha value is -0.820. The van der Waals surface area contributed by atoms with Gasteiger partial charge in [0.05, 0.1) is 12.3 Å². The van der Waals surface area contributed by atoms with Crippen LogP contribution in [0.15, 0.2) is 5.16 Å². The Balaban J connectivity index is 4.62. The van der Waals surface area contributed by atoms with Crippen LogP contribution < -0.4 is 5.73 Å². The lowest BCUT2D eigenvalue weighted by molar-refractivity contribution is 0.314. The van der Waals surface area contributed by atoms with Gasteiger partial charge in [-0.15, -0.1) is 0 Å². The van der Waals surface area contributed by atoms with Crippen molar-refractivity contribution < 1.29 is 13.6 Å². The van der Waals surface area contributed by atoms with E-state index in [9.17, 15) is 8.42 Å². The summed E-state index contributed by atoms with van der Waals surface area (Å²) < 4.78 is 25.0. The summed E-state index contributed by atoms with van der Waals surface area (Å²) in [5.74, 6) is 0.0240. The summed E-state index contributed by atoms with van der Waals surface area (Å²) >= 11 is 0. The monoisotopic (exact) mass is 251 g/mol. The van der Waals surface area contributed by atoms with Crippen molar-refractivity contribution in [3.8, 4) is 0 Å². The molecular weight excluding hydrogens is 230 g/mol. The molecule has 0 bridgehead atoms. The van der Waals surface area contributed by atoms with Crippen molar-refractivity contribution in [3.63, 3.8) is 0 Å². The van der Waals surface area contributed by atoms with Crippen LogP contribution in [0.25, 0.3) is 0 Å². The van der Waals surface area contributed by atoms with E-state index in [0.29, 0.717) is 19.4 Å². The maximum atomic E-state index is 11.9. The number of unbranched alkanes of at least 4 members (excludes halogenated alkanes) is 1. The van der Waals surface area contributed by atoms with Crippen molar-refractivity contribution in [1.82, 2.24) is 4.31 Å². The molecule has 0 aromatic carbocycles. The molecule has 0 radical (unpaired) electrons. The second kappa shape index (κ2) is 7.45. The zero-order valence-corrected chi connectivity index (χ0v) is 10.7. The first-order valence-electron chi connectivity index (χ1n) is 5.42. The molecule has 96 valence electrons. The Bertz CT molecular complexity index is 314. The summed E-state index contributed by atoms with van der Waals surface area (Å²) in [6.07, 6.45) is 2.14. The van der Waals surface area contributed by atoms with E-state index >= 15 is 0 Å². The number of sulfonamides is 1. The zero-order chi connectivity index (χ0) is 12.6. The molecule has 0 saturated carbocycles. The average molecular weight is 251 g/mol. The van der Waals surface area contributed by atoms with Crippen molar-refractivity contribution in [3.05, 3.63) is 0 Å². The van der Waals surface area contributed by atoms with E-state index in [-0.39, 0.29) is 18.1 Å². The molecule has 7 heteroatoms. The summed E-state index contributed by atoms with van der Waals surface area (Å²) in [5.41, 5.74) is 5.32. The molecule has 0 aliphatic carbocycles. The highest BCUT2D eigenvalue weighted by atomic mass is 32.2. The second-order valence-electron chi connectivity index (χ2n) is 3.59. The Morgan fingerprint density at radius 3 is 2.44 bits per heavy atom. The van der Waals surface area contributed by atoms with E-state index in [1.165, 1.54) is 4.31 Å². The van der Waals surface area contributed by atoms with E-state index in [1.54, 1.807) is 0 Å². The molecule has 0 rings (SSSR count). The number of nitrogens with zero attached hydrogens (tertiary/aromatic N) is 2. The topological polar surface area (TPSA) is 96.0 Å². The first kappa shape index (κ1) is 15.2. The van der Waals surface area contributed by atoms with E-state index in [0.717, 1.165) is 6.42 Å². The lowest BCUT2D eigenvalue weighted by Crippen LogP contribution is -2.40. The Labute approximate surface area is 97.2 Å². The molecule has 0 aliphatic heterocycles. The molecule has 16 heavy (non-hydrogen) atoms. The van der Waals surface area contributed by atoms with Gasteiger partial charge in [-0.25, -0.2) is 8.42 Å². The Morgan fingerprint density at radius 2 is 2.00 bits per heavy atom. The molecule has 0 heterocycles. The smallest absolute Gasteiger partial charge is 0.214 e. The van der Waals surface area contributed by atoms with E-state index in [2.05, 4.69) is 5.16 Å². The molecule has 3 N–H and O–H groups in total. The molecule has 0 atom stereocenters. The van der Waals surface area contributed by atoms with Crippen molar-refractivity contribution in [2.45, 2.75) is 33.1 Å². The molecular formula is C9H21N3O3S. The van der Waals surface area contributed by atoms with E-state index in [4.69, 9.17) is 10.9 Å². The molecule has 0 aliphatic rings. The van der Waals surface area contributed by atoms with Crippen LogP contribution >= 0.6 is 0 Å². The predicted octanol–water partition coefficient (Wildman–Crippen LogP) is 0.575. The quantitative estimate of drug-likeness (QED) is 0.285. The molecule has 0 aromatic heterocycles. The third kappa shape index (κ3) is 5.32. The van der Waals surface area contributed by atoms with E-state index in [1.807, 2.05) is 13.8 Å². The van der Waals surface area contributed by atoms with Gasteiger partial charge in [0.25, 0.3) is 0 Å². The summed E-state index contributed by atoms with van der Waals surface area (Å²) in [6.45, 7) is 4.16. The number of rotatable bonds is 8. The summed E-state index contributed by atoms with van der Waals surface area (Å²) in [6, 6.07) is 0. The van der Waals surface area contributed by atoms with Gasteiger partial charge in [0.15, 0.2) is 5.84 Å². The second-order valence-corrected chi connectivity index (χ2v) is 5.68. The number of oxime groups is 1. The molecule has 0 unspecified atom stereocenters. The van der Waals surface area contributed by atoms with Crippen LogP contribution in [0.4, 0.5) is 0 Å². The Kier molecular flexibility index (Phi) is 7.07. The van der Waals surface area contributed by atoms with Crippen LogP contribution in [-0.2, 0) is 10.0 Å². The number of nitrogens with two attached hydrogens (primary N) is 1. The minimum Gasteiger partial charge on any atom is -0.409 e. The molecule has 6 nitrogen and oxygen atoms in total. The third-order valence-corrected chi connectivity index (χ3v) is 3.99. The molecule has 0 fully saturated rings. The van der Waals surface area contributed by atoms with Crippen molar-refractivity contribution in [2.75, 3.05) is 18.8 Å². The average Bonchev–Trinajstić information content (AvgIpc) is 2.25. The SMILES string of the molecule is CCCCS(=O)(=O)N(CCC)CC(N)=NO. The fourth-order valence-corrected chi connectivity index (χ4v) is 2.94. The summed E-state index contributed by atoms with van der Waals surface area (Å²) in [4.78, 5) is 0. The third-order valence-electron chi connectivity index (χ3n) is 2.09. The minimum absolute atomic E-state index is 0.0453. The van der Waals surface area contributed by atoms with Crippen LogP contribution in [0, 0.1) is 0 Å². The normalized spacial score (nSPS) is 13.3. The van der Waals surface area contributed by atoms with Crippen molar-refractivity contribution in [1.29, 1.82) is 0 Å².